The smallest absolute Gasteiger partial charge is 0.203 e. The van der Waals surface area contributed by atoms with Crippen molar-refractivity contribution in [1.29, 1.82) is 0 Å². The number of aromatic nitrogens is 2. The molecule has 0 aliphatic carbocycles. The van der Waals surface area contributed by atoms with Gasteiger partial charge in [-0.2, -0.15) is 0 Å². The number of methoxy groups -OCH3 is 4. The van der Waals surface area contributed by atoms with Gasteiger partial charge < -0.3 is 18.9 Å². The summed E-state index contributed by atoms with van der Waals surface area (Å²) < 4.78 is 21.4. The van der Waals surface area contributed by atoms with Crippen molar-refractivity contribution in [2.45, 2.75) is 0 Å². The molecule has 0 spiro atoms. The molecule has 0 unspecified atom stereocenters. The van der Waals surface area contributed by atoms with Crippen LogP contribution in [0.5, 0.6) is 23.0 Å². The highest BCUT2D eigenvalue weighted by Crippen LogP contribution is 2.40. The molecule has 1 heterocycles. The lowest BCUT2D eigenvalue weighted by Gasteiger charge is -2.14. The zero-order valence-electron chi connectivity index (χ0n) is 15.1. The third-order valence-corrected chi connectivity index (χ3v) is 3.96. The number of nitrogens with zero attached hydrogens (tertiary/aromatic N) is 2. The summed E-state index contributed by atoms with van der Waals surface area (Å²) in [5.74, 6) is 3.11. The molecule has 1 aromatic heterocycles. The Morgan fingerprint density at radius 1 is 0.692 bits per heavy atom. The fourth-order valence-corrected chi connectivity index (χ4v) is 2.63. The van der Waals surface area contributed by atoms with Gasteiger partial charge in [0, 0.05) is 17.3 Å². The molecule has 0 aliphatic rings. The van der Waals surface area contributed by atoms with Crippen molar-refractivity contribution >= 4 is 0 Å². The van der Waals surface area contributed by atoms with E-state index >= 15 is 0 Å². The first-order valence-electron chi connectivity index (χ1n) is 7.98. The van der Waals surface area contributed by atoms with Crippen LogP contribution in [-0.2, 0) is 0 Å². The third-order valence-electron chi connectivity index (χ3n) is 3.96. The Balaban J connectivity index is 2.04. The molecule has 2 aromatic carbocycles. The van der Waals surface area contributed by atoms with Crippen LogP contribution in [0.2, 0.25) is 0 Å². The maximum Gasteiger partial charge on any atom is 0.203 e. The third kappa shape index (κ3) is 3.39. The maximum atomic E-state index is 5.42. The predicted molar refractivity (Wildman–Crippen MR) is 99.1 cm³/mol. The Morgan fingerprint density at radius 3 is 1.88 bits per heavy atom. The number of hydrogen-bond donors (Lipinski definition) is 0. The van der Waals surface area contributed by atoms with E-state index in [9.17, 15) is 0 Å². The Bertz CT molecular complexity index is 870. The average molecular weight is 352 g/mol. The molecule has 6 heteroatoms. The summed E-state index contributed by atoms with van der Waals surface area (Å²) in [6, 6.07) is 13.2. The predicted octanol–water partition coefficient (Wildman–Crippen LogP) is 3.85. The maximum absolute atomic E-state index is 5.42. The normalized spacial score (nSPS) is 10.3. The van der Waals surface area contributed by atoms with Gasteiger partial charge in [-0.3, -0.25) is 0 Å². The highest BCUT2D eigenvalue weighted by Gasteiger charge is 2.15. The van der Waals surface area contributed by atoms with Crippen molar-refractivity contribution in [1.82, 2.24) is 9.97 Å². The summed E-state index contributed by atoms with van der Waals surface area (Å²) in [5.41, 5.74) is 2.50. The lowest BCUT2D eigenvalue weighted by molar-refractivity contribution is 0.324. The van der Waals surface area contributed by atoms with Gasteiger partial charge in [0.15, 0.2) is 17.3 Å². The lowest BCUT2D eigenvalue weighted by atomic mass is 10.1. The quantitative estimate of drug-likeness (QED) is 0.672. The van der Waals surface area contributed by atoms with E-state index in [4.69, 9.17) is 18.9 Å². The van der Waals surface area contributed by atoms with Crippen LogP contribution in [0.1, 0.15) is 0 Å². The van der Waals surface area contributed by atoms with Gasteiger partial charge >= 0.3 is 0 Å². The van der Waals surface area contributed by atoms with Crippen molar-refractivity contribution < 1.29 is 18.9 Å². The largest absolute Gasteiger partial charge is 0.497 e. The summed E-state index contributed by atoms with van der Waals surface area (Å²) in [6.45, 7) is 0. The first-order valence-corrected chi connectivity index (χ1v) is 7.98. The van der Waals surface area contributed by atoms with Crippen molar-refractivity contribution in [3.8, 4) is 45.6 Å². The zero-order valence-corrected chi connectivity index (χ0v) is 15.1. The molecule has 134 valence electrons. The summed E-state index contributed by atoms with van der Waals surface area (Å²) in [6.07, 6.45) is 1.73. The van der Waals surface area contributed by atoms with E-state index in [1.807, 2.05) is 42.5 Å². The fraction of sp³-hybridized carbons (Fsp3) is 0.200. The van der Waals surface area contributed by atoms with Crippen LogP contribution in [-0.4, -0.2) is 38.4 Å². The molecule has 3 rings (SSSR count). The van der Waals surface area contributed by atoms with Gasteiger partial charge in [-0.05, 0) is 42.5 Å². The van der Waals surface area contributed by atoms with E-state index in [1.165, 1.54) is 0 Å². The molecule has 0 saturated carbocycles. The highest BCUT2D eigenvalue weighted by molar-refractivity contribution is 5.70. The SMILES string of the molecule is COc1ccc(-c2nccc(-c3cc(OC)c(OC)c(OC)c3)n2)cc1. The molecular formula is C20H20N2O4. The second-order valence-corrected chi connectivity index (χ2v) is 5.41. The number of hydrogen-bond acceptors (Lipinski definition) is 6. The molecule has 26 heavy (non-hydrogen) atoms. The Kier molecular flexibility index (Phi) is 5.22. The number of rotatable bonds is 6. The molecule has 0 saturated heterocycles. The molecule has 3 aromatic rings. The van der Waals surface area contributed by atoms with Crippen LogP contribution in [0.4, 0.5) is 0 Å². The van der Waals surface area contributed by atoms with Crippen molar-refractivity contribution in [3.05, 3.63) is 48.7 Å². The Morgan fingerprint density at radius 2 is 1.35 bits per heavy atom. The van der Waals surface area contributed by atoms with E-state index in [1.54, 1.807) is 34.6 Å². The van der Waals surface area contributed by atoms with Gasteiger partial charge in [-0.15, -0.1) is 0 Å². The molecule has 0 fully saturated rings. The van der Waals surface area contributed by atoms with Gasteiger partial charge in [0.25, 0.3) is 0 Å². The lowest BCUT2D eigenvalue weighted by Crippen LogP contribution is -1.97. The van der Waals surface area contributed by atoms with Crippen LogP contribution in [0.3, 0.4) is 0 Å². The monoisotopic (exact) mass is 352 g/mol. The molecule has 0 atom stereocenters. The standard InChI is InChI=1S/C20H20N2O4/c1-23-15-7-5-13(6-8-15)20-21-10-9-16(22-20)14-11-17(24-2)19(26-4)18(12-14)25-3/h5-12H,1-4H3. The average Bonchev–Trinajstić information content (AvgIpc) is 2.72. The Labute approximate surface area is 152 Å². The zero-order chi connectivity index (χ0) is 18.5. The molecule has 0 bridgehead atoms. The molecule has 0 amide bonds. The highest BCUT2D eigenvalue weighted by atomic mass is 16.5. The van der Waals surface area contributed by atoms with Gasteiger partial charge in [0.05, 0.1) is 34.1 Å². The molecule has 0 aliphatic heterocycles. The van der Waals surface area contributed by atoms with Gasteiger partial charge in [0.1, 0.15) is 5.75 Å². The molecule has 0 N–H and O–H groups in total. The topological polar surface area (TPSA) is 62.7 Å². The summed E-state index contributed by atoms with van der Waals surface area (Å²) in [7, 11) is 6.39. The molecule has 6 nitrogen and oxygen atoms in total. The minimum absolute atomic E-state index is 0.545. The van der Waals surface area contributed by atoms with Crippen molar-refractivity contribution in [3.63, 3.8) is 0 Å². The second-order valence-electron chi connectivity index (χ2n) is 5.41. The van der Waals surface area contributed by atoms with Gasteiger partial charge in [-0.25, -0.2) is 9.97 Å². The summed E-state index contributed by atoms with van der Waals surface area (Å²) in [4.78, 5) is 9.04. The van der Waals surface area contributed by atoms with Crippen molar-refractivity contribution in [2.75, 3.05) is 28.4 Å². The first kappa shape index (κ1) is 17.5. The number of ether oxygens (including phenoxy) is 4. The van der Waals surface area contributed by atoms with E-state index in [-0.39, 0.29) is 0 Å². The van der Waals surface area contributed by atoms with E-state index in [0.29, 0.717) is 23.1 Å². The van der Waals surface area contributed by atoms with Crippen LogP contribution in [0.15, 0.2) is 48.7 Å². The van der Waals surface area contributed by atoms with Gasteiger partial charge in [-0.1, -0.05) is 0 Å². The van der Waals surface area contributed by atoms with Crippen LogP contribution in [0.25, 0.3) is 22.6 Å². The van der Waals surface area contributed by atoms with Crippen LogP contribution < -0.4 is 18.9 Å². The fourth-order valence-electron chi connectivity index (χ4n) is 2.63. The molecule has 0 radical (unpaired) electrons. The van der Waals surface area contributed by atoms with E-state index < -0.39 is 0 Å². The van der Waals surface area contributed by atoms with Crippen molar-refractivity contribution in [2.24, 2.45) is 0 Å². The summed E-state index contributed by atoms with van der Waals surface area (Å²) in [5, 5.41) is 0. The van der Waals surface area contributed by atoms with Crippen LogP contribution in [0, 0.1) is 0 Å². The second kappa shape index (κ2) is 7.74. The first-order chi connectivity index (χ1) is 12.7. The molecular weight excluding hydrogens is 332 g/mol. The minimum Gasteiger partial charge on any atom is -0.497 e. The van der Waals surface area contributed by atoms with Crippen LogP contribution >= 0.6 is 0 Å². The summed E-state index contributed by atoms with van der Waals surface area (Å²) >= 11 is 0. The Hall–Kier alpha value is -3.28. The van der Waals surface area contributed by atoms with E-state index in [0.717, 1.165) is 22.6 Å². The number of benzene rings is 2. The minimum atomic E-state index is 0.545. The van der Waals surface area contributed by atoms with Gasteiger partial charge in [0.2, 0.25) is 5.75 Å². The van der Waals surface area contributed by atoms with E-state index in [2.05, 4.69) is 9.97 Å².